The average Bonchev–Trinajstić information content (AvgIpc) is 2.27. The fraction of sp³-hybridized carbons (Fsp3) is 0.500. The Morgan fingerprint density at radius 3 is 2.78 bits per heavy atom. The molecule has 0 atom stereocenters. The first-order valence-electron chi connectivity index (χ1n) is 6.09. The summed E-state index contributed by atoms with van der Waals surface area (Å²) >= 11 is 0. The summed E-state index contributed by atoms with van der Waals surface area (Å²) in [7, 11) is 1.64. The van der Waals surface area contributed by atoms with E-state index in [0.29, 0.717) is 13.0 Å². The Labute approximate surface area is 109 Å². The molecule has 0 spiro atoms. The van der Waals surface area contributed by atoms with Crippen molar-refractivity contribution in [3.8, 4) is 5.75 Å². The molecule has 3 N–H and O–H groups in total. The van der Waals surface area contributed by atoms with E-state index in [1.54, 1.807) is 7.11 Å². The third-order valence-corrected chi connectivity index (χ3v) is 2.49. The van der Waals surface area contributed by atoms with Crippen molar-refractivity contribution in [2.45, 2.75) is 32.2 Å². The molecule has 0 saturated heterocycles. The Balaban J connectivity index is 2.35. The Morgan fingerprint density at radius 1 is 1.44 bits per heavy atom. The van der Waals surface area contributed by atoms with Crippen LogP contribution >= 0.6 is 0 Å². The summed E-state index contributed by atoms with van der Waals surface area (Å²) in [5, 5.41) is 2.87. The standard InChI is InChI=1S/C14H22N2O2/c1-14(2,15)10-13(17)16-8-7-11-5-4-6-12(9-11)18-3/h4-6,9H,7-8,10,15H2,1-3H3,(H,16,17). The summed E-state index contributed by atoms with van der Waals surface area (Å²) in [6, 6.07) is 7.83. The highest BCUT2D eigenvalue weighted by atomic mass is 16.5. The van der Waals surface area contributed by atoms with Crippen LogP contribution in [0.2, 0.25) is 0 Å². The zero-order chi connectivity index (χ0) is 13.6. The number of carbonyl (C=O) groups is 1. The van der Waals surface area contributed by atoms with E-state index in [0.717, 1.165) is 17.7 Å². The van der Waals surface area contributed by atoms with Crippen LogP contribution in [0, 0.1) is 0 Å². The molecule has 0 aliphatic carbocycles. The number of hydrogen-bond acceptors (Lipinski definition) is 3. The number of nitrogens with two attached hydrogens (primary N) is 1. The van der Waals surface area contributed by atoms with Crippen molar-refractivity contribution in [1.29, 1.82) is 0 Å². The van der Waals surface area contributed by atoms with Crippen LogP contribution in [-0.2, 0) is 11.2 Å². The van der Waals surface area contributed by atoms with Gasteiger partial charge < -0.3 is 15.8 Å². The first-order chi connectivity index (χ1) is 8.40. The summed E-state index contributed by atoms with van der Waals surface area (Å²) in [6.45, 7) is 4.30. The summed E-state index contributed by atoms with van der Waals surface area (Å²) in [5.41, 5.74) is 6.46. The van der Waals surface area contributed by atoms with Gasteiger partial charge in [-0.3, -0.25) is 4.79 Å². The minimum absolute atomic E-state index is 0.00889. The monoisotopic (exact) mass is 250 g/mol. The van der Waals surface area contributed by atoms with Gasteiger partial charge in [-0.1, -0.05) is 12.1 Å². The van der Waals surface area contributed by atoms with Gasteiger partial charge in [0, 0.05) is 18.5 Å². The maximum atomic E-state index is 11.6. The second-order valence-corrected chi connectivity index (χ2v) is 5.12. The predicted molar refractivity (Wildman–Crippen MR) is 72.6 cm³/mol. The second-order valence-electron chi connectivity index (χ2n) is 5.12. The number of hydrogen-bond donors (Lipinski definition) is 2. The Bertz CT molecular complexity index is 397. The molecule has 0 unspecified atom stereocenters. The van der Waals surface area contributed by atoms with Crippen molar-refractivity contribution in [3.05, 3.63) is 29.8 Å². The van der Waals surface area contributed by atoms with Gasteiger partial charge in [-0.05, 0) is 38.0 Å². The Kier molecular flexibility index (Phi) is 5.16. The topological polar surface area (TPSA) is 64.3 Å². The van der Waals surface area contributed by atoms with E-state index in [1.165, 1.54) is 0 Å². The van der Waals surface area contributed by atoms with Crippen molar-refractivity contribution < 1.29 is 9.53 Å². The molecule has 0 aromatic heterocycles. The van der Waals surface area contributed by atoms with Crippen LogP contribution in [0.25, 0.3) is 0 Å². The molecule has 18 heavy (non-hydrogen) atoms. The lowest BCUT2D eigenvalue weighted by molar-refractivity contribution is -0.121. The van der Waals surface area contributed by atoms with E-state index < -0.39 is 5.54 Å². The predicted octanol–water partition coefficient (Wildman–Crippen LogP) is 1.48. The number of amides is 1. The third kappa shape index (κ3) is 5.68. The summed E-state index contributed by atoms with van der Waals surface area (Å²) in [5.74, 6) is 0.826. The quantitative estimate of drug-likeness (QED) is 0.804. The average molecular weight is 250 g/mol. The first kappa shape index (κ1) is 14.5. The summed E-state index contributed by atoms with van der Waals surface area (Å²) in [6.07, 6.45) is 1.12. The summed E-state index contributed by atoms with van der Waals surface area (Å²) < 4.78 is 5.14. The van der Waals surface area contributed by atoms with Crippen LogP contribution < -0.4 is 15.8 Å². The lowest BCUT2D eigenvalue weighted by atomic mass is 10.0. The van der Waals surface area contributed by atoms with Gasteiger partial charge in [-0.2, -0.15) is 0 Å². The van der Waals surface area contributed by atoms with Gasteiger partial charge in [0.15, 0.2) is 0 Å². The lowest BCUT2D eigenvalue weighted by Crippen LogP contribution is -2.39. The molecule has 0 aliphatic heterocycles. The maximum absolute atomic E-state index is 11.6. The fourth-order valence-corrected chi connectivity index (χ4v) is 1.65. The van der Waals surface area contributed by atoms with Crippen LogP contribution in [-0.4, -0.2) is 25.1 Å². The molecule has 0 fully saturated rings. The van der Waals surface area contributed by atoms with Crippen LogP contribution in [0.5, 0.6) is 5.75 Å². The minimum atomic E-state index is -0.458. The molecule has 0 bridgehead atoms. The number of nitrogens with one attached hydrogen (secondary N) is 1. The molecule has 4 nitrogen and oxygen atoms in total. The molecule has 1 amide bonds. The summed E-state index contributed by atoms with van der Waals surface area (Å²) in [4.78, 5) is 11.6. The largest absolute Gasteiger partial charge is 0.497 e. The molecule has 100 valence electrons. The van der Waals surface area contributed by atoms with Gasteiger partial charge in [0.1, 0.15) is 5.75 Å². The molecule has 1 aromatic rings. The zero-order valence-electron chi connectivity index (χ0n) is 11.3. The number of carbonyl (C=O) groups excluding carboxylic acids is 1. The number of benzene rings is 1. The van der Waals surface area contributed by atoms with E-state index in [4.69, 9.17) is 10.5 Å². The van der Waals surface area contributed by atoms with Gasteiger partial charge in [-0.15, -0.1) is 0 Å². The van der Waals surface area contributed by atoms with Crippen molar-refractivity contribution in [1.82, 2.24) is 5.32 Å². The van der Waals surface area contributed by atoms with Crippen LogP contribution in [0.1, 0.15) is 25.8 Å². The number of rotatable bonds is 6. The lowest BCUT2D eigenvalue weighted by Gasteiger charge is -2.17. The molecule has 0 radical (unpaired) electrons. The SMILES string of the molecule is COc1cccc(CCNC(=O)CC(C)(C)N)c1. The van der Waals surface area contributed by atoms with Crippen molar-refractivity contribution in [2.75, 3.05) is 13.7 Å². The number of methoxy groups -OCH3 is 1. The maximum Gasteiger partial charge on any atom is 0.221 e. The molecule has 1 aromatic carbocycles. The van der Waals surface area contributed by atoms with Gasteiger partial charge >= 0.3 is 0 Å². The molecular weight excluding hydrogens is 228 g/mol. The molecule has 1 rings (SSSR count). The molecule has 0 aliphatic rings. The number of ether oxygens (including phenoxy) is 1. The second kappa shape index (κ2) is 6.40. The van der Waals surface area contributed by atoms with Gasteiger partial charge in [0.2, 0.25) is 5.91 Å². The minimum Gasteiger partial charge on any atom is -0.497 e. The zero-order valence-corrected chi connectivity index (χ0v) is 11.3. The van der Waals surface area contributed by atoms with Crippen molar-refractivity contribution in [3.63, 3.8) is 0 Å². The van der Waals surface area contributed by atoms with Crippen LogP contribution in [0.3, 0.4) is 0 Å². The molecule has 4 heteroatoms. The molecule has 0 saturated carbocycles. The first-order valence-corrected chi connectivity index (χ1v) is 6.09. The van der Waals surface area contributed by atoms with E-state index >= 15 is 0 Å². The Morgan fingerprint density at radius 2 is 2.17 bits per heavy atom. The van der Waals surface area contributed by atoms with E-state index in [2.05, 4.69) is 5.32 Å². The van der Waals surface area contributed by atoms with Gasteiger partial charge in [0.25, 0.3) is 0 Å². The molecule has 0 heterocycles. The third-order valence-electron chi connectivity index (χ3n) is 2.49. The van der Waals surface area contributed by atoms with Crippen LogP contribution in [0.4, 0.5) is 0 Å². The van der Waals surface area contributed by atoms with E-state index in [1.807, 2.05) is 38.1 Å². The fourth-order valence-electron chi connectivity index (χ4n) is 1.65. The normalized spacial score (nSPS) is 11.1. The van der Waals surface area contributed by atoms with Gasteiger partial charge in [0.05, 0.1) is 7.11 Å². The van der Waals surface area contributed by atoms with Crippen molar-refractivity contribution in [2.24, 2.45) is 5.73 Å². The smallest absolute Gasteiger partial charge is 0.221 e. The highest BCUT2D eigenvalue weighted by Crippen LogP contribution is 2.12. The highest BCUT2D eigenvalue weighted by molar-refractivity contribution is 5.77. The Hall–Kier alpha value is -1.55. The van der Waals surface area contributed by atoms with Crippen LogP contribution in [0.15, 0.2) is 24.3 Å². The van der Waals surface area contributed by atoms with Gasteiger partial charge in [-0.25, -0.2) is 0 Å². The van der Waals surface area contributed by atoms with E-state index in [-0.39, 0.29) is 5.91 Å². The highest BCUT2D eigenvalue weighted by Gasteiger charge is 2.15. The van der Waals surface area contributed by atoms with Crippen molar-refractivity contribution >= 4 is 5.91 Å². The van der Waals surface area contributed by atoms with E-state index in [9.17, 15) is 4.79 Å². The molecular formula is C14H22N2O2.